The molecule has 0 bridgehead atoms. The topological polar surface area (TPSA) is 115 Å². The van der Waals surface area contributed by atoms with Gasteiger partial charge < -0.3 is 14.2 Å². The third-order valence-electron chi connectivity index (χ3n) is 4.42. The lowest BCUT2D eigenvalue weighted by molar-refractivity contribution is -0.119. The minimum Gasteiger partial charge on any atom is -0.493 e. The molecular formula is C21H27N3O6S. The van der Waals surface area contributed by atoms with Gasteiger partial charge in [-0.1, -0.05) is 17.7 Å². The number of carbonyl (C=O) groups is 1. The maximum absolute atomic E-state index is 12.6. The Morgan fingerprint density at radius 2 is 1.61 bits per heavy atom. The third kappa shape index (κ3) is 5.74. The fraction of sp³-hybridized carbons (Fsp3) is 0.333. The predicted octanol–water partition coefficient (Wildman–Crippen LogP) is 2.07. The van der Waals surface area contributed by atoms with Crippen LogP contribution in [0.5, 0.6) is 17.2 Å². The van der Waals surface area contributed by atoms with E-state index in [1.54, 1.807) is 38.1 Å². The lowest BCUT2D eigenvalue weighted by Crippen LogP contribution is -2.35. The second-order valence-corrected chi connectivity index (χ2v) is 8.47. The zero-order chi connectivity index (χ0) is 23.2. The van der Waals surface area contributed by atoms with Crippen molar-refractivity contribution < 1.29 is 27.4 Å². The lowest BCUT2D eigenvalue weighted by Gasteiger charge is -2.13. The number of sulfonamides is 1. The minimum absolute atomic E-state index is 0.171. The maximum Gasteiger partial charge on any atom is 0.255 e. The number of ether oxygens (including phenoxy) is 3. The molecule has 1 amide bonds. The molecule has 10 heteroatoms. The van der Waals surface area contributed by atoms with Gasteiger partial charge in [0.05, 0.1) is 39.0 Å². The number of amides is 1. The Kier molecular flexibility index (Phi) is 8.01. The number of nitrogens with one attached hydrogen (secondary N) is 2. The fourth-order valence-electron chi connectivity index (χ4n) is 3.26. The Bertz CT molecular complexity index is 1070. The van der Waals surface area contributed by atoms with Crippen molar-refractivity contribution in [1.29, 1.82) is 0 Å². The average molecular weight is 450 g/mol. The van der Waals surface area contributed by atoms with Gasteiger partial charge in [0.15, 0.2) is 11.5 Å². The van der Waals surface area contributed by atoms with Crippen LogP contribution in [-0.4, -0.2) is 48.4 Å². The summed E-state index contributed by atoms with van der Waals surface area (Å²) >= 11 is 0. The first-order valence-electron chi connectivity index (χ1n) is 9.33. The van der Waals surface area contributed by atoms with Crippen LogP contribution >= 0.6 is 0 Å². The van der Waals surface area contributed by atoms with Crippen molar-refractivity contribution in [2.45, 2.75) is 25.7 Å². The van der Waals surface area contributed by atoms with Crippen molar-refractivity contribution in [2.75, 3.05) is 27.9 Å². The molecule has 0 aliphatic carbocycles. The first-order valence-corrected chi connectivity index (χ1v) is 10.8. The summed E-state index contributed by atoms with van der Waals surface area (Å²) in [6.07, 6.45) is 1.36. The van der Waals surface area contributed by atoms with Gasteiger partial charge in [-0.3, -0.25) is 4.79 Å². The summed E-state index contributed by atoms with van der Waals surface area (Å²) < 4.78 is 43.4. The molecule has 0 fully saturated rings. The standard InChI is InChI=1S/C21H27N3O6S/c1-13-9-14(2)21(15(3)10-13)31(26,27)23-12-18(25)24-22-11-16-7-8-17(28-4)20(30-6)19(16)29-5/h7-11,23H,12H2,1-6H3,(H,24,25)/b22-11-. The first-order chi connectivity index (χ1) is 14.6. The van der Waals surface area contributed by atoms with E-state index < -0.39 is 22.5 Å². The molecule has 0 atom stereocenters. The number of methoxy groups -OCH3 is 3. The number of rotatable bonds is 9. The van der Waals surface area contributed by atoms with E-state index in [4.69, 9.17) is 14.2 Å². The number of hydrogen-bond donors (Lipinski definition) is 2. The van der Waals surface area contributed by atoms with Crippen LogP contribution in [0.15, 0.2) is 34.3 Å². The summed E-state index contributed by atoms with van der Waals surface area (Å²) in [5.74, 6) is 0.626. The van der Waals surface area contributed by atoms with Crippen LogP contribution in [0.3, 0.4) is 0 Å². The Morgan fingerprint density at radius 1 is 1.00 bits per heavy atom. The van der Waals surface area contributed by atoms with Crippen molar-refractivity contribution in [3.63, 3.8) is 0 Å². The summed E-state index contributed by atoms with van der Waals surface area (Å²) in [6.45, 7) is 4.86. The SMILES string of the molecule is COc1ccc(/C=N\NC(=O)CNS(=O)(=O)c2c(C)cc(C)cc2C)c(OC)c1OC. The van der Waals surface area contributed by atoms with Crippen molar-refractivity contribution in [3.05, 3.63) is 46.5 Å². The highest BCUT2D eigenvalue weighted by molar-refractivity contribution is 7.89. The number of nitrogens with zero attached hydrogens (tertiary/aromatic N) is 1. The van der Waals surface area contributed by atoms with Gasteiger partial charge in [0.1, 0.15) is 0 Å². The highest BCUT2D eigenvalue weighted by Gasteiger charge is 2.20. The molecule has 2 N–H and O–H groups in total. The monoisotopic (exact) mass is 449 g/mol. The third-order valence-corrected chi connectivity index (χ3v) is 6.13. The van der Waals surface area contributed by atoms with Crippen molar-refractivity contribution in [1.82, 2.24) is 10.1 Å². The zero-order valence-electron chi connectivity index (χ0n) is 18.4. The van der Waals surface area contributed by atoms with Crippen molar-refractivity contribution in [3.8, 4) is 17.2 Å². The molecule has 0 aliphatic heterocycles. The van der Waals surface area contributed by atoms with Gasteiger partial charge in [-0.2, -0.15) is 5.10 Å². The van der Waals surface area contributed by atoms with Gasteiger partial charge in [-0.05, 0) is 44.0 Å². The van der Waals surface area contributed by atoms with Crippen molar-refractivity contribution in [2.24, 2.45) is 5.10 Å². The molecule has 2 aromatic rings. The Balaban J connectivity index is 2.07. The van der Waals surface area contributed by atoms with Crippen LogP contribution in [0.25, 0.3) is 0 Å². The van der Waals surface area contributed by atoms with E-state index in [1.165, 1.54) is 27.5 Å². The molecule has 0 aliphatic rings. The lowest BCUT2D eigenvalue weighted by atomic mass is 10.1. The van der Waals surface area contributed by atoms with E-state index in [0.717, 1.165) is 5.56 Å². The number of benzene rings is 2. The molecule has 31 heavy (non-hydrogen) atoms. The number of hydrazone groups is 1. The van der Waals surface area contributed by atoms with Crippen LogP contribution in [0.2, 0.25) is 0 Å². The molecular weight excluding hydrogens is 422 g/mol. The molecule has 9 nitrogen and oxygen atoms in total. The second kappa shape index (κ2) is 10.3. The van der Waals surface area contributed by atoms with E-state index in [9.17, 15) is 13.2 Å². The van der Waals surface area contributed by atoms with Crippen LogP contribution < -0.4 is 24.4 Å². The fourth-order valence-corrected chi connectivity index (χ4v) is 4.69. The Labute approximate surface area is 182 Å². The maximum atomic E-state index is 12.6. The summed E-state index contributed by atoms with van der Waals surface area (Å²) in [7, 11) is 0.603. The molecule has 0 unspecified atom stereocenters. The number of carbonyl (C=O) groups excluding carboxylic acids is 1. The molecule has 2 aromatic carbocycles. The minimum atomic E-state index is -3.85. The van der Waals surface area contributed by atoms with Gasteiger partial charge in [-0.15, -0.1) is 0 Å². The zero-order valence-corrected chi connectivity index (χ0v) is 19.2. The molecule has 0 spiro atoms. The summed E-state index contributed by atoms with van der Waals surface area (Å²) in [5, 5.41) is 3.87. The molecule has 2 rings (SSSR count). The summed E-state index contributed by atoms with van der Waals surface area (Å²) in [4.78, 5) is 12.3. The molecule has 0 heterocycles. The highest BCUT2D eigenvalue weighted by Crippen LogP contribution is 2.38. The van der Waals surface area contributed by atoms with Crippen LogP contribution in [0.1, 0.15) is 22.3 Å². The van der Waals surface area contributed by atoms with Gasteiger partial charge in [-0.25, -0.2) is 18.6 Å². The average Bonchev–Trinajstić information content (AvgIpc) is 2.70. The highest BCUT2D eigenvalue weighted by atomic mass is 32.2. The molecule has 168 valence electrons. The normalized spacial score (nSPS) is 11.4. The predicted molar refractivity (Wildman–Crippen MR) is 118 cm³/mol. The summed E-state index contributed by atoms with van der Waals surface area (Å²) in [6, 6.07) is 6.91. The quantitative estimate of drug-likeness (QED) is 0.447. The van der Waals surface area contributed by atoms with Gasteiger partial charge in [0, 0.05) is 5.56 Å². The smallest absolute Gasteiger partial charge is 0.255 e. The van der Waals surface area contributed by atoms with Gasteiger partial charge in [0.25, 0.3) is 5.91 Å². The molecule has 0 saturated heterocycles. The van der Waals surface area contributed by atoms with Gasteiger partial charge >= 0.3 is 0 Å². The Morgan fingerprint density at radius 3 is 2.16 bits per heavy atom. The van der Waals surface area contributed by atoms with Crippen LogP contribution in [0.4, 0.5) is 0 Å². The van der Waals surface area contributed by atoms with Crippen LogP contribution in [0, 0.1) is 20.8 Å². The number of aryl methyl sites for hydroxylation is 3. The molecule has 0 aromatic heterocycles. The first kappa shape index (κ1) is 24.2. The Hall–Kier alpha value is -3.11. The number of hydrogen-bond acceptors (Lipinski definition) is 7. The van der Waals surface area contributed by atoms with Crippen LogP contribution in [-0.2, 0) is 14.8 Å². The molecule has 0 saturated carbocycles. The van der Waals surface area contributed by atoms with E-state index in [0.29, 0.717) is 33.9 Å². The van der Waals surface area contributed by atoms with Crippen molar-refractivity contribution >= 4 is 22.1 Å². The van der Waals surface area contributed by atoms with E-state index in [1.807, 2.05) is 6.92 Å². The second-order valence-electron chi connectivity index (χ2n) is 6.77. The molecule has 0 radical (unpaired) electrons. The largest absolute Gasteiger partial charge is 0.493 e. The van der Waals surface area contributed by atoms with Gasteiger partial charge in [0.2, 0.25) is 15.8 Å². The van der Waals surface area contributed by atoms with E-state index in [2.05, 4.69) is 15.2 Å². The summed E-state index contributed by atoms with van der Waals surface area (Å²) in [5.41, 5.74) is 5.02. The van der Waals surface area contributed by atoms with E-state index in [-0.39, 0.29) is 4.90 Å². The van der Waals surface area contributed by atoms with E-state index >= 15 is 0 Å².